The highest BCUT2D eigenvalue weighted by Gasteiger charge is 2.36. The summed E-state index contributed by atoms with van der Waals surface area (Å²) >= 11 is 0. The molecule has 0 aromatic heterocycles. The summed E-state index contributed by atoms with van der Waals surface area (Å²) < 4.78 is 38.9. The van der Waals surface area contributed by atoms with E-state index in [9.17, 15) is 18.0 Å². The number of carbonyl (C=O) groups excluding carboxylic acids is 1. The molecule has 1 aromatic carbocycles. The lowest BCUT2D eigenvalue weighted by Crippen LogP contribution is -2.22. The number of unbranched alkanes of at least 4 members (excludes halogenated alkanes) is 2. The van der Waals surface area contributed by atoms with E-state index in [2.05, 4.69) is 4.84 Å². The van der Waals surface area contributed by atoms with E-state index in [4.69, 9.17) is 5.90 Å². The summed E-state index contributed by atoms with van der Waals surface area (Å²) in [5.74, 6) is 3.03. The highest BCUT2D eigenvalue weighted by molar-refractivity contribution is 5.78. The van der Waals surface area contributed by atoms with Gasteiger partial charge in [0.1, 0.15) is 0 Å². The van der Waals surface area contributed by atoms with Gasteiger partial charge >= 0.3 is 12.1 Å². The summed E-state index contributed by atoms with van der Waals surface area (Å²) in [7, 11) is 0. The van der Waals surface area contributed by atoms with E-state index >= 15 is 0 Å². The molecule has 0 amide bonds. The van der Waals surface area contributed by atoms with Crippen LogP contribution in [0.1, 0.15) is 49.7 Å². The lowest BCUT2D eigenvalue weighted by molar-refractivity contribution is -0.147. The molecular weight excluding hydrogens is 271 g/mol. The van der Waals surface area contributed by atoms with Gasteiger partial charge in [0.15, 0.2) is 0 Å². The quantitative estimate of drug-likeness (QED) is 0.640. The molecule has 6 heteroatoms. The molecule has 1 rings (SSSR count). The smallest absolute Gasteiger partial charge is 0.373 e. The third kappa shape index (κ3) is 4.23. The van der Waals surface area contributed by atoms with Crippen molar-refractivity contribution in [3.8, 4) is 0 Å². The van der Waals surface area contributed by atoms with Crippen molar-refractivity contribution in [2.45, 2.75) is 44.7 Å². The van der Waals surface area contributed by atoms with Gasteiger partial charge in [0.25, 0.3) is 0 Å². The minimum atomic E-state index is -4.51. The number of hydrogen-bond donors (Lipinski definition) is 1. The second-order valence-corrected chi connectivity index (χ2v) is 4.57. The van der Waals surface area contributed by atoms with Crippen LogP contribution in [0.2, 0.25) is 0 Å². The van der Waals surface area contributed by atoms with Gasteiger partial charge in [-0.1, -0.05) is 44.4 Å². The number of halogens is 3. The molecule has 3 nitrogen and oxygen atoms in total. The average molecular weight is 289 g/mol. The van der Waals surface area contributed by atoms with Gasteiger partial charge in [-0.3, -0.25) is 0 Å². The summed E-state index contributed by atoms with van der Waals surface area (Å²) in [5.41, 5.74) is -0.890. The van der Waals surface area contributed by atoms with E-state index < -0.39 is 23.6 Å². The van der Waals surface area contributed by atoms with Crippen molar-refractivity contribution in [3.05, 3.63) is 35.4 Å². The van der Waals surface area contributed by atoms with Gasteiger partial charge in [-0.05, 0) is 18.1 Å². The van der Waals surface area contributed by atoms with Crippen LogP contribution in [0.5, 0.6) is 0 Å². The van der Waals surface area contributed by atoms with Crippen molar-refractivity contribution in [3.63, 3.8) is 0 Å². The normalized spacial score (nSPS) is 13.1. The highest BCUT2D eigenvalue weighted by Crippen LogP contribution is 2.37. The van der Waals surface area contributed by atoms with E-state index in [0.29, 0.717) is 6.42 Å². The van der Waals surface area contributed by atoms with Gasteiger partial charge in [-0.2, -0.15) is 19.1 Å². The molecule has 1 atom stereocenters. The van der Waals surface area contributed by atoms with Crippen LogP contribution in [0, 0.1) is 0 Å². The fourth-order valence-corrected chi connectivity index (χ4v) is 2.14. The predicted octanol–water partition coefficient (Wildman–Crippen LogP) is 3.79. The SMILES string of the molecule is CCCCCC(C(=O)ON)c1ccccc1C(F)(F)F. The van der Waals surface area contributed by atoms with Gasteiger partial charge in [0, 0.05) is 0 Å². The zero-order chi connectivity index (χ0) is 15.2. The summed E-state index contributed by atoms with van der Waals surface area (Å²) in [6.07, 6.45) is -1.83. The summed E-state index contributed by atoms with van der Waals surface area (Å²) in [6, 6.07) is 5.03. The maximum atomic E-state index is 13.0. The fraction of sp³-hybridized carbons (Fsp3) is 0.500. The van der Waals surface area contributed by atoms with E-state index in [-0.39, 0.29) is 12.0 Å². The molecule has 0 aliphatic carbocycles. The van der Waals surface area contributed by atoms with Gasteiger partial charge < -0.3 is 4.84 Å². The third-order valence-corrected chi connectivity index (χ3v) is 3.14. The van der Waals surface area contributed by atoms with Crippen molar-refractivity contribution in [2.24, 2.45) is 5.90 Å². The summed E-state index contributed by atoms with van der Waals surface area (Å²) in [5, 5.41) is 0. The van der Waals surface area contributed by atoms with Gasteiger partial charge in [-0.15, -0.1) is 0 Å². The topological polar surface area (TPSA) is 52.3 Å². The monoisotopic (exact) mass is 289 g/mol. The average Bonchev–Trinajstić information content (AvgIpc) is 2.42. The van der Waals surface area contributed by atoms with Crippen LogP contribution in [0.15, 0.2) is 24.3 Å². The molecule has 0 fully saturated rings. The number of hydrogen-bond acceptors (Lipinski definition) is 3. The molecule has 0 saturated carbocycles. The number of alkyl halides is 3. The molecule has 1 aromatic rings. The molecule has 0 aliphatic heterocycles. The predicted molar refractivity (Wildman–Crippen MR) is 68.6 cm³/mol. The highest BCUT2D eigenvalue weighted by atomic mass is 19.4. The van der Waals surface area contributed by atoms with E-state index in [1.165, 1.54) is 18.2 Å². The minimum Gasteiger partial charge on any atom is -0.373 e. The second kappa shape index (κ2) is 7.28. The van der Waals surface area contributed by atoms with E-state index in [1.54, 1.807) is 0 Å². The number of nitrogens with two attached hydrogens (primary N) is 1. The first-order valence-electron chi connectivity index (χ1n) is 6.48. The van der Waals surface area contributed by atoms with Gasteiger partial charge in [-0.25, -0.2) is 4.79 Å². The lowest BCUT2D eigenvalue weighted by atomic mass is 9.89. The molecular formula is C14H18F3NO2. The molecule has 0 radical (unpaired) electrons. The zero-order valence-electron chi connectivity index (χ0n) is 11.2. The van der Waals surface area contributed by atoms with Crippen molar-refractivity contribution < 1.29 is 22.8 Å². The standard InChI is InChI=1S/C14H18F3NO2/c1-2-3-4-8-11(13(19)20-18)10-7-5-6-9-12(10)14(15,16)17/h5-7,9,11H,2-4,8,18H2,1H3. The Kier molecular flexibility index (Phi) is 6.01. The van der Waals surface area contributed by atoms with Crippen LogP contribution in [0.4, 0.5) is 13.2 Å². The minimum absolute atomic E-state index is 0.0773. The molecule has 20 heavy (non-hydrogen) atoms. The zero-order valence-corrected chi connectivity index (χ0v) is 11.2. The van der Waals surface area contributed by atoms with Gasteiger partial charge in [0.2, 0.25) is 0 Å². The fourth-order valence-electron chi connectivity index (χ4n) is 2.14. The van der Waals surface area contributed by atoms with Crippen LogP contribution in [-0.4, -0.2) is 5.97 Å². The number of carbonyl (C=O) groups is 1. The van der Waals surface area contributed by atoms with E-state index in [0.717, 1.165) is 18.9 Å². The second-order valence-electron chi connectivity index (χ2n) is 4.57. The summed E-state index contributed by atoms with van der Waals surface area (Å²) in [6.45, 7) is 1.97. The van der Waals surface area contributed by atoms with Crippen LogP contribution >= 0.6 is 0 Å². The number of rotatable bonds is 6. The van der Waals surface area contributed by atoms with Crippen LogP contribution < -0.4 is 5.90 Å². The molecule has 0 saturated heterocycles. The van der Waals surface area contributed by atoms with Crippen molar-refractivity contribution in [2.75, 3.05) is 0 Å². The summed E-state index contributed by atoms with van der Waals surface area (Å²) in [4.78, 5) is 15.8. The number of benzene rings is 1. The van der Waals surface area contributed by atoms with E-state index in [1.807, 2.05) is 6.92 Å². The van der Waals surface area contributed by atoms with Crippen molar-refractivity contribution >= 4 is 5.97 Å². The molecule has 1 unspecified atom stereocenters. The maximum absolute atomic E-state index is 13.0. The first-order chi connectivity index (χ1) is 9.41. The molecule has 0 heterocycles. The van der Waals surface area contributed by atoms with Crippen LogP contribution in [-0.2, 0) is 15.8 Å². The van der Waals surface area contributed by atoms with Crippen LogP contribution in [0.25, 0.3) is 0 Å². The first kappa shape index (κ1) is 16.5. The molecule has 0 bridgehead atoms. The Hall–Kier alpha value is -1.56. The largest absolute Gasteiger partial charge is 0.416 e. The Bertz CT molecular complexity index is 446. The maximum Gasteiger partial charge on any atom is 0.416 e. The van der Waals surface area contributed by atoms with Gasteiger partial charge in [0.05, 0.1) is 11.5 Å². The lowest BCUT2D eigenvalue weighted by Gasteiger charge is -2.19. The Morgan fingerprint density at radius 2 is 1.95 bits per heavy atom. The molecule has 112 valence electrons. The Labute approximate surface area is 115 Å². The molecule has 0 spiro atoms. The van der Waals surface area contributed by atoms with Crippen molar-refractivity contribution in [1.29, 1.82) is 0 Å². The molecule has 0 aliphatic rings. The Morgan fingerprint density at radius 3 is 2.50 bits per heavy atom. The van der Waals surface area contributed by atoms with Crippen LogP contribution in [0.3, 0.4) is 0 Å². The Morgan fingerprint density at radius 1 is 1.30 bits per heavy atom. The van der Waals surface area contributed by atoms with Crippen molar-refractivity contribution in [1.82, 2.24) is 0 Å². The third-order valence-electron chi connectivity index (χ3n) is 3.14. The first-order valence-corrected chi connectivity index (χ1v) is 6.48. The molecule has 2 N–H and O–H groups in total. The Balaban J connectivity index is 3.10.